The van der Waals surface area contributed by atoms with Crippen LogP contribution < -0.4 is 0 Å². The van der Waals surface area contributed by atoms with E-state index in [9.17, 15) is 0 Å². The van der Waals surface area contributed by atoms with Crippen molar-refractivity contribution >= 4 is 0 Å². The summed E-state index contributed by atoms with van der Waals surface area (Å²) in [6, 6.07) is 0. The average Bonchev–Trinajstić information content (AvgIpc) is 2.06. The lowest BCUT2D eigenvalue weighted by molar-refractivity contribution is 0.391. The highest BCUT2D eigenvalue weighted by molar-refractivity contribution is 4.60. The van der Waals surface area contributed by atoms with E-state index in [1.165, 1.54) is 25.7 Å². The minimum Gasteiger partial charge on any atom is -0.0651 e. The molecule has 1 unspecified atom stereocenters. The monoisotopic (exact) mass is 155 g/mol. The maximum absolute atomic E-state index is 3.92. The van der Waals surface area contributed by atoms with Gasteiger partial charge in [0.15, 0.2) is 0 Å². The van der Waals surface area contributed by atoms with Crippen molar-refractivity contribution in [2.75, 3.05) is 0 Å². The first-order valence-corrected chi connectivity index (χ1v) is 5.03. The summed E-state index contributed by atoms with van der Waals surface area (Å²) in [6.07, 6.45) is 6.57. The highest BCUT2D eigenvalue weighted by atomic mass is 14.1. The summed E-state index contributed by atoms with van der Waals surface area (Å²) >= 11 is 0. The maximum atomic E-state index is 3.92. The van der Waals surface area contributed by atoms with Crippen LogP contribution in [0.4, 0.5) is 0 Å². The van der Waals surface area contributed by atoms with Crippen molar-refractivity contribution in [1.29, 1.82) is 0 Å². The van der Waals surface area contributed by atoms with E-state index in [0.717, 1.165) is 18.3 Å². The Morgan fingerprint density at radius 1 is 1.09 bits per heavy atom. The van der Waals surface area contributed by atoms with Gasteiger partial charge in [0, 0.05) is 0 Å². The molecule has 0 aliphatic rings. The highest BCUT2D eigenvalue weighted by Gasteiger charge is 2.05. The molecule has 0 heterocycles. The fourth-order valence-electron chi connectivity index (χ4n) is 1.36. The Labute approximate surface area is 72.4 Å². The smallest absolute Gasteiger partial charge is 0.0419 e. The number of rotatable bonds is 6. The van der Waals surface area contributed by atoms with Crippen LogP contribution in [0.5, 0.6) is 0 Å². The van der Waals surface area contributed by atoms with Gasteiger partial charge in [-0.25, -0.2) is 0 Å². The summed E-state index contributed by atoms with van der Waals surface area (Å²) in [5.41, 5.74) is 0. The van der Waals surface area contributed by atoms with Crippen molar-refractivity contribution in [1.82, 2.24) is 0 Å². The molecular weight excluding hydrogens is 132 g/mol. The molecule has 0 spiro atoms. The van der Waals surface area contributed by atoms with Crippen LogP contribution >= 0.6 is 0 Å². The Morgan fingerprint density at radius 2 is 1.64 bits per heavy atom. The zero-order chi connectivity index (χ0) is 8.69. The predicted molar refractivity (Wildman–Crippen MR) is 52.4 cm³/mol. The van der Waals surface area contributed by atoms with Crippen LogP contribution in [0.1, 0.15) is 52.9 Å². The predicted octanol–water partition coefficient (Wildman–Crippen LogP) is 4.06. The van der Waals surface area contributed by atoms with E-state index in [4.69, 9.17) is 0 Å². The first kappa shape index (κ1) is 11.0. The summed E-state index contributed by atoms with van der Waals surface area (Å²) in [7, 11) is 0. The van der Waals surface area contributed by atoms with Gasteiger partial charge in [0.25, 0.3) is 0 Å². The summed E-state index contributed by atoms with van der Waals surface area (Å²) in [5, 5.41) is 0. The van der Waals surface area contributed by atoms with Crippen LogP contribution in [0.25, 0.3) is 0 Å². The van der Waals surface area contributed by atoms with Gasteiger partial charge in [0.2, 0.25) is 0 Å². The van der Waals surface area contributed by atoms with Gasteiger partial charge in [-0.15, -0.1) is 0 Å². The Kier molecular flexibility index (Phi) is 6.69. The largest absolute Gasteiger partial charge is 0.0651 e. The van der Waals surface area contributed by atoms with Gasteiger partial charge >= 0.3 is 0 Å². The molecule has 1 atom stereocenters. The molecule has 11 heavy (non-hydrogen) atoms. The lowest BCUT2D eigenvalue weighted by atomic mass is 9.92. The second kappa shape index (κ2) is 6.69. The van der Waals surface area contributed by atoms with E-state index >= 15 is 0 Å². The van der Waals surface area contributed by atoms with Crippen LogP contribution in [0.15, 0.2) is 0 Å². The van der Waals surface area contributed by atoms with Crippen LogP contribution in [0.3, 0.4) is 0 Å². The SMILES string of the molecule is [CH2]CC(C)CCC(CC)CC. The van der Waals surface area contributed by atoms with Crippen LogP contribution in [-0.2, 0) is 0 Å². The first-order valence-electron chi connectivity index (χ1n) is 5.03. The Balaban J connectivity index is 3.34. The molecule has 0 heteroatoms. The van der Waals surface area contributed by atoms with E-state index in [1.807, 2.05) is 0 Å². The molecule has 0 saturated heterocycles. The zero-order valence-corrected chi connectivity index (χ0v) is 8.40. The van der Waals surface area contributed by atoms with Gasteiger partial charge in [-0.2, -0.15) is 0 Å². The third-order valence-electron chi connectivity index (χ3n) is 2.72. The molecule has 1 radical (unpaired) electrons. The third kappa shape index (κ3) is 5.29. The van der Waals surface area contributed by atoms with Crippen molar-refractivity contribution < 1.29 is 0 Å². The molecule has 0 nitrogen and oxygen atoms in total. The van der Waals surface area contributed by atoms with Crippen molar-refractivity contribution in [2.45, 2.75) is 52.9 Å². The van der Waals surface area contributed by atoms with Crippen molar-refractivity contribution in [3.63, 3.8) is 0 Å². The quantitative estimate of drug-likeness (QED) is 0.542. The fraction of sp³-hybridized carbons (Fsp3) is 0.909. The van der Waals surface area contributed by atoms with E-state index in [0.29, 0.717) is 0 Å². The van der Waals surface area contributed by atoms with Crippen molar-refractivity contribution in [2.24, 2.45) is 11.8 Å². The lowest BCUT2D eigenvalue weighted by Gasteiger charge is -2.14. The average molecular weight is 155 g/mol. The summed E-state index contributed by atoms with van der Waals surface area (Å²) in [4.78, 5) is 0. The van der Waals surface area contributed by atoms with E-state index in [1.54, 1.807) is 0 Å². The molecular formula is C11H23. The van der Waals surface area contributed by atoms with Gasteiger partial charge in [0.05, 0.1) is 0 Å². The second-order valence-corrected chi connectivity index (χ2v) is 3.65. The highest BCUT2D eigenvalue weighted by Crippen LogP contribution is 2.19. The normalized spacial score (nSPS) is 13.9. The van der Waals surface area contributed by atoms with Gasteiger partial charge in [0.1, 0.15) is 0 Å². The third-order valence-corrected chi connectivity index (χ3v) is 2.72. The molecule has 0 aliphatic heterocycles. The standard InChI is InChI=1S/C11H23/c1-5-10(4)8-9-11(6-2)7-3/h10-11H,1,5-9H2,2-4H3. The Hall–Kier alpha value is 0. The molecule has 0 saturated carbocycles. The van der Waals surface area contributed by atoms with E-state index < -0.39 is 0 Å². The number of hydrogen-bond acceptors (Lipinski definition) is 0. The minimum atomic E-state index is 0.829. The Morgan fingerprint density at radius 3 is 2.00 bits per heavy atom. The summed E-state index contributed by atoms with van der Waals surface area (Å²) in [5.74, 6) is 1.79. The van der Waals surface area contributed by atoms with Gasteiger partial charge in [-0.05, 0) is 11.8 Å². The molecule has 0 bridgehead atoms. The summed E-state index contributed by atoms with van der Waals surface area (Å²) in [6.45, 7) is 10.8. The van der Waals surface area contributed by atoms with Gasteiger partial charge in [-0.3, -0.25) is 0 Å². The van der Waals surface area contributed by atoms with Gasteiger partial charge in [-0.1, -0.05) is 59.8 Å². The molecule has 0 aliphatic carbocycles. The Bertz CT molecular complexity index is 72.1. The van der Waals surface area contributed by atoms with Crippen molar-refractivity contribution in [3.05, 3.63) is 6.92 Å². The van der Waals surface area contributed by atoms with Crippen LogP contribution in [0.2, 0.25) is 0 Å². The lowest BCUT2D eigenvalue weighted by Crippen LogP contribution is -2.00. The van der Waals surface area contributed by atoms with Crippen LogP contribution in [-0.4, -0.2) is 0 Å². The fourth-order valence-corrected chi connectivity index (χ4v) is 1.36. The molecule has 0 amide bonds. The topological polar surface area (TPSA) is 0 Å². The minimum absolute atomic E-state index is 0.829. The van der Waals surface area contributed by atoms with Crippen LogP contribution in [0, 0.1) is 18.8 Å². The molecule has 0 aromatic rings. The summed E-state index contributed by atoms with van der Waals surface area (Å²) < 4.78 is 0. The molecule has 67 valence electrons. The van der Waals surface area contributed by atoms with E-state index in [-0.39, 0.29) is 0 Å². The molecule has 0 fully saturated rings. The molecule has 0 N–H and O–H groups in total. The molecule has 0 rings (SSSR count). The maximum Gasteiger partial charge on any atom is -0.0419 e. The van der Waals surface area contributed by atoms with Crippen molar-refractivity contribution in [3.8, 4) is 0 Å². The number of hydrogen-bond donors (Lipinski definition) is 0. The first-order chi connectivity index (χ1) is 5.24. The molecule has 0 aromatic heterocycles. The van der Waals surface area contributed by atoms with Gasteiger partial charge < -0.3 is 0 Å². The van der Waals surface area contributed by atoms with E-state index in [2.05, 4.69) is 27.7 Å². The second-order valence-electron chi connectivity index (χ2n) is 3.65. The zero-order valence-electron chi connectivity index (χ0n) is 8.40. The molecule has 0 aromatic carbocycles.